The maximum Gasteiger partial charge on any atom is 0.228 e. The van der Waals surface area contributed by atoms with E-state index in [-0.39, 0.29) is 11.9 Å². The van der Waals surface area contributed by atoms with E-state index in [0.29, 0.717) is 29.0 Å². The van der Waals surface area contributed by atoms with Crippen LogP contribution in [0.15, 0.2) is 36.3 Å². The van der Waals surface area contributed by atoms with E-state index in [1.165, 1.54) is 11.9 Å². The summed E-state index contributed by atoms with van der Waals surface area (Å²) in [6, 6.07) is 8.30. The van der Waals surface area contributed by atoms with Gasteiger partial charge in [-0.3, -0.25) is 0 Å². The summed E-state index contributed by atoms with van der Waals surface area (Å²) in [6.07, 6.45) is 1.91. The number of aromatic nitrogens is 2. The van der Waals surface area contributed by atoms with Crippen molar-refractivity contribution in [2.24, 2.45) is 0 Å². The minimum absolute atomic E-state index is 0.0581. The number of rotatable bonds is 8. The maximum absolute atomic E-state index is 8.12. The number of nitrogens with one attached hydrogen (secondary N) is 2. The number of anilines is 2. The van der Waals surface area contributed by atoms with Crippen molar-refractivity contribution < 1.29 is 4.74 Å². The highest BCUT2D eigenvalue weighted by molar-refractivity contribution is 8.03. The van der Waals surface area contributed by atoms with Crippen LogP contribution in [-0.2, 0) is 0 Å². The molecule has 1 saturated heterocycles. The zero-order valence-corrected chi connectivity index (χ0v) is 18.6. The molecule has 1 fully saturated rings. The molecule has 1 aliphatic rings. The molecule has 0 spiro atoms. The first kappa shape index (κ1) is 22.1. The lowest BCUT2D eigenvalue weighted by Crippen LogP contribution is -2.42. The van der Waals surface area contributed by atoms with Crippen molar-refractivity contribution in [1.29, 1.82) is 5.41 Å². The number of likely N-dealkylation sites (tertiary alicyclic amines) is 1. The average Bonchev–Trinajstić information content (AvgIpc) is 2.72. The normalized spacial score (nSPS) is 15.2. The van der Waals surface area contributed by atoms with Gasteiger partial charge < -0.3 is 25.5 Å². The van der Waals surface area contributed by atoms with E-state index in [1.54, 1.807) is 12.3 Å². The molecule has 7 nitrogen and oxygen atoms in total. The van der Waals surface area contributed by atoms with E-state index in [0.717, 1.165) is 37.2 Å². The molecular formula is C22H30N6OS. The Morgan fingerprint density at radius 3 is 2.53 bits per heavy atom. The average molecular weight is 427 g/mol. The van der Waals surface area contributed by atoms with E-state index >= 15 is 0 Å². The van der Waals surface area contributed by atoms with Gasteiger partial charge >= 0.3 is 0 Å². The summed E-state index contributed by atoms with van der Waals surface area (Å²) in [5.41, 5.74) is 8.79. The highest BCUT2D eigenvalue weighted by atomic mass is 32.2. The van der Waals surface area contributed by atoms with Gasteiger partial charge in [-0.25, -0.2) is 4.98 Å². The monoisotopic (exact) mass is 426 g/mol. The zero-order chi connectivity index (χ0) is 21.7. The molecule has 2 heterocycles. The summed E-state index contributed by atoms with van der Waals surface area (Å²) < 4.78 is 9.43. The van der Waals surface area contributed by atoms with Gasteiger partial charge in [-0.2, -0.15) is 4.98 Å². The van der Waals surface area contributed by atoms with Crippen LogP contribution in [0.4, 0.5) is 11.5 Å². The summed E-state index contributed by atoms with van der Waals surface area (Å²) >= 11 is 1.41. The highest BCUT2D eigenvalue weighted by Crippen LogP contribution is 2.29. The predicted octanol–water partition coefficient (Wildman–Crippen LogP) is 4.57. The second kappa shape index (κ2) is 9.95. The number of benzene rings is 1. The fourth-order valence-electron chi connectivity index (χ4n) is 3.49. The maximum atomic E-state index is 8.12. The molecule has 8 heteroatoms. The van der Waals surface area contributed by atoms with Gasteiger partial charge in [0.2, 0.25) is 5.88 Å². The molecule has 0 saturated carbocycles. The molecule has 1 aromatic heterocycles. The summed E-state index contributed by atoms with van der Waals surface area (Å²) in [5, 5.41) is 9.85. The van der Waals surface area contributed by atoms with Crippen molar-refractivity contribution in [3.8, 4) is 17.3 Å². The number of hydrogen-bond acceptors (Lipinski definition) is 8. The minimum atomic E-state index is 0.0581. The van der Waals surface area contributed by atoms with Crippen molar-refractivity contribution in [3.05, 3.63) is 41.8 Å². The Kier molecular flexibility index (Phi) is 7.33. The third-order valence-corrected chi connectivity index (χ3v) is 5.69. The second-order valence-corrected chi connectivity index (χ2v) is 8.42. The Bertz CT molecular complexity index is 891. The molecule has 160 valence electrons. The Balaban J connectivity index is 1.84. The molecule has 0 amide bonds. The Morgan fingerprint density at radius 1 is 1.30 bits per heavy atom. The van der Waals surface area contributed by atoms with Crippen molar-refractivity contribution in [2.75, 3.05) is 23.5 Å². The first-order valence-electron chi connectivity index (χ1n) is 10.2. The van der Waals surface area contributed by atoms with Crippen LogP contribution in [0.25, 0.3) is 11.4 Å². The van der Waals surface area contributed by atoms with Crippen LogP contribution in [0, 0.1) is 5.41 Å². The van der Waals surface area contributed by atoms with E-state index in [1.807, 2.05) is 24.3 Å². The molecule has 1 aromatic carbocycles. The molecule has 2 aromatic rings. The van der Waals surface area contributed by atoms with Crippen molar-refractivity contribution in [3.63, 3.8) is 0 Å². The first-order chi connectivity index (χ1) is 14.4. The van der Waals surface area contributed by atoms with Gasteiger partial charge in [0, 0.05) is 36.1 Å². The highest BCUT2D eigenvalue weighted by Gasteiger charge is 2.25. The van der Waals surface area contributed by atoms with Crippen LogP contribution in [-0.4, -0.2) is 45.8 Å². The number of nitrogen functional groups attached to an aromatic ring is 1. The van der Waals surface area contributed by atoms with Crippen LogP contribution in [0.2, 0.25) is 0 Å². The Morgan fingerprint density at radius 2 is 1.97 bits per heavy atom. The molecule has 0 unspecified atom stereocenters. The van der Waals surface area contributed by atoms with Gasteiger partial charge in [0.25, 0.3) is 0 Å². The van der Waals surface area contributed by atoms with Gasteiger partial charge in [-0.15, -0.1) is 0 Å². The number of ether oxygens (including phenoxy) is 1. The Hall–Kier alpha value is -2.58. The van der Waals surface area contributed by atoms with E-state index in [4.69, 9.17) is 15.9 Å². The van der Waals surface area contributed by atoms with Gasteiger partial charge in [0.1, 0.15) is 11.9 Å². The van der Waals surface area contributed by atoms with E-state index in [2.05, 4.69) is 40.0 Å². The van der Waals surface area contributed by atoms with Crippen LogP contribution < -0.4 is 15.2 Å². The smallest absolute Gasteiger partial charge is 0.228 e. The van der Waals surface area contributed by atoms with Crippen molar-refractivity contribution in [2.45, 2.75) is 45.8 Å². The molecule has 0 bridgehead atoms. The van der Waals surface area contributed by atoms with Crippen LogP contribution in [0.3, 0.4) is 0 Å². The third kappa shape index (κ3) is 5.31. The quantitative estimate of drug-likeness (QED) is 0.420. The third-order valence-electron chi connectivity index (χ3n) is 5.17. The van der Waals surface area contributed by atoms with Crippen LogP contribution in [0.1, 0.15) is 39.2 Å². The second-order valence-electron chi connectivity index (χ2n) is 7.65. The van der Waals surface area contributed by atoms with Crippen LogP contribution in [0.5, 0.6) is 5.88 Å². The zero-order valence-electron chi connectivity index (χ0n) is 17.8. The molecule has 30 heavy (non-hydrogen) atoms. The number of nitrogens with zero attached hydrogens (tertiary/aromatic N) is 3. The lowest BCUT2D eigenvalue weighted by Gasteiger charge is -2.34. The van der Waals surface area contributed by atoms with Gasteiger partial charge in [-0.05, 0) is 75.2 Å². The Labute approximate surface area is 182 Å². The largest absolute Gasteiger partial charge is 0.474 e. The molecule has 0 atom stereocenters. The predicted molar refractivity (Wildman–Crippen MR) is 126 cm³/mol. The standard InChI is InChI=1S/C22H30N6OS/c1-5-30-27-17-8-6-16(7-9-17)21-25-20(24)19(15(4)23)22(26-21)29-18-10-12-28(13-11-18)14(2)3/h5-9,14,18,23,27H,1,10-13H2,2-4H3,(H2,24,25,26). The van der Waals surface area contributed by atoms with Gasteiger partial charge in [0.05, 0.1) is 5.56 Å². The summed E-state index contributed by atoms with van der Waals surface area (Å²) in [6.45, 7) is 11.8. The van der Waals surface area contributed by atoms with E-state index < -0.39 is 0 Å². The number of hydrogen-bond donors (Lipinski definition) is 3. The SMILES string of the molecule is C=CSNc1ccc(-c2nc(N)c(C(C)=N)c(OC3CCN(C(C)C)CC3)n2)cc1. The minimum Gasteiger partial charge on any atom is -0.474 e. The van der Waals surface area contributed by atoms with Gasteiger partial charge in [-0.1, -0.05) is 6.58 Å². The summed E-state index contributed by atoms with van der Waals surface area (Å²) in [7, 11) is 0. The van der Waals surface area contributed by atoms with Gasteiger partial charge in [0.15, 0.2) is 5.82 Å². The molecule has 4 N–H and O–H groups in total. The molecule has 3 rings (SSSR count). The lowest BCUT2D eigenvalue weighted by atomic mass is 10.1. The fraction of sp³-hybridized carbons (Fsp3) is 0.409. The molecular weight excluding hydrogens is 396 g/mol. The lowest BCUT2D eigenvalue weighted by molar-refractivity contribution is 0.0812. The number of piperidine rings is 1. The summed E-state index contributed by atoms with van der Waals surface area (Å²) in [5.74, 6) is 1.17. The van der Waals surface area contributed by atoms with E-state index in [9.17, 15) is 0 Å². The first-order valence-corrected chi connectivity index (χ1v) is 11.0. The molecule has 0 radical (unpaired) electrons. The topological polar surface area (TPSA) is 100 Å². The fourth-order valence-corrected chi connectivity index (χ4v) is 3.84. The molecule has 1 aliphatic heterocycles. The van der Waals surface area contributed by atoms with Crippen molar-refractivity contribution in [1.82, 2.24) is 14.9 Å². The molecule has 0 aliphatic carbocycles. The number of nitrogens with two attached hydrogens (primary N) is 1. The van der Waals surface area contributed by atoms with Crippen molar-refractivity contribution >= 4 is 29.2 Å². The summed E-state index contributed by atoms with van der Waals surface area (Å²) in [4.78, 5) is 11.5. The van der Waals surface area contributed by atoms with Crippen LogP contribution >= 0.6 is 11.9 Å².